The molecule has 3 rings (SSSR count). The molecule has 1 heteroatoms. The van der Waals surface area contributed by atoms with Crippen LogP contribution in [0.5, 0.6) is 0 Å². The first-order valence-electron chi connectivity index (χ1n) is 11.7. The first kappa shape index (κ1) is 21.4. The molecule has 2 aliphatic carbocycles. The van der Waals surface area contributed by atoms with Gasteiger partial charge < -0.3 is 4.74 Å². The van der Waals surface area contributed by atoms with Gasteiger partial charge in [0.1, 0.15) is 0 Å². The lowest BCUT2D eigenvalue weighted by molar-refractivity contribution is 0.125. The number of benzene rings is 1. The van der Waals surface area contributed by atoms with Gasteiger partial charge in [-0.05, 0) is 106 Å². The van der Waals surface area contributed by atoms with Crippen molar-refractivity contribution in [2.45, 2.75) is 84.2 Å². The fraction of sp³-hybridized carbons (Fsp3) is 0.630. The van der Waals surface area contributed by atoms with Crippen LogP contribution < -0.4 is 0 Å². The molecule has 2 saturated carbocycles. The van der Waals surface area contributed by atoms with Crippen LogP contribution in [0.2, 0.25) is 0 Å². The summed E-state index contributed by atoms with van der Waals surface area (Å²) in [5, 5.41) is 0. The Labute approximate surface area is 173 Å². The van der Waals surface area contributed by atoms with Crippen molar-refractivity contribution in [3.8, 4) is 0 Å². The zero-order valence-corrected chi connectivity index (χ0v) is 18.1. The van der Waals surface area contributed by atoms with Gasteiger partial charge in [0.25, 0.3) is 0 Å². The molecule has 28 heavy (non-hydrogen) atoms. The van der Waals surface area contributed by atoms with E-state index in [-0.39, 0.29) is 0 Å². The molecule has 0 radical (unpaired) electrons. The molecule has 0 unspecified atom stereocenters. The molecule has 0 saturated heterocycles. The van der Waals surface area contributed by atoms with Gasteiger partial charge in [-0.2, -0.15) is 0 Å². The van der Waals surface area contributed by atoms with Gasteiger partial charge in [-0.25, -0.2) is 0 Å². The first-order chi connectivity index (χ1) is 13.8. The maximum atomic E-state index is 5.76. The largest absolute Gasteiger partial charge is 0.376 e. The Morgan fingerprint density at radius 3 is 2.07 bits per heavy atom. The van der Waals surface area contributed by atoms with Gasteiger partial charge in [0.05, 0.1) is 13.2 Å². The Morgan fingerprint density at radius 1 is 0.821 bits per heavy atom. The van der Waals surface area contributed by atoms with Gasteiger partial charge in [-0.1, -0.05) is 48.6 Å². The van der Waals surface area contributed by atoms with Gasteiger partial charge in [0, 0.05) is 0 Å². The minimum atomic E-state index is 0.737. The smallest absolute Gasteiger partial charge is 0.0717 e. The van der Waals surface area contributed by atoms with Crippen LogP contribution in [0.1, 0.15) is 88.7 Å². The van der Waals surface area contributed by atoms with Crippen molar-refractivity contribution < 1.29 is 4.74 Å². The molecule has 0 aliphatic heterocycles. The third-order valence-corrected chi connectivity index (χ3v) is 7.10. The van der Waals surface area contributed by atoms with Crippen molar-refractivity contribution >= 4 is 0 Å². The second kappa shape index (κ2) is 11.6. The highest BCUT2D eigenvalue weighted by Crippen LogP contribution is 2.44. The SMILES string of the molecule is CC=CCCOCc1ccc([C@H]2CC[C@H]([C@H]3CC[C@H](C=CC)CC3)CC2)cc1. The lowest BCUT2D eigenvalue weighted by atomic mass is 9.68. The summed E-state index contributed by atoms with van der Waals surface area (Å²) in [4.78, 5) is 0. The number of hydrogen-bond acceptors (Lipinski definition) is 1. The van der Waals surface area contributed by atoms with Crippen LogP contribution >= 0.6 is 0 Å². The van der Waals surface area contributed by atoms with Crippen molar-refractivity contribution in [1.29, 1.82) is 0 Å². The molecule has 0 atom stereocenters. The second-order valence-corrected chi connectivity index (χ2v) is 8.96. The van der Waals surface area contributed by atoms with E-state index in [2.05, 4.69) is 62.4 Å². The first-order valence-corrected chi connectivity index (χ1v) is 11.7. The molecule has 0 aromatic heterocycles. The van der Waals surface area contributed by atoms with Gasteiger partial charge >= 0.3 is 0 Å². The lowest BCUT2D eigenvalue weighted by Gasteiger charge is -2.37. The highest BCUT2D eigenvalue weighted by molar-refractivity contribution is 5.25. The van der Waals surface area contributed by atoms with Gasteiger partial charge in [-0.3, -0.25) is 0 Å². The third kappa shape index (κ3) is 6.34. The quantitative estimate of drug-likeness (QED) is 0.330. The van der Waals surface area contributed by atoms with E-state index >= 15 is 0 Å². The number of allylic oxidation sites excluding steroid dienone is 3. The Morgan fingerprint density at radius 2 is 1.46 bits per heavy atom. The molecule has 1 aromatic rings. The zero-order valence-electron chi connectivity index (χ0n) is 18.1. The summed E-state index contributed by atoms with van der Waals surface area (Å²) >= 11 is 0. The van der Waals surface area contributed by atoms with Crippen LogP contribution in [0.3, 0.4) is 0 Å². The van der Waals surface area contributed by atoms with Crippen molar-refractivity contribution in [2.24, 2.45) is 17.8 Å². The van der Waals surface area contributed by atoms with E-state index in [9.17, 15) is 0 Å². The average molecular weight is 381 g/mol. The topological polar surface area (TPSA) is 9.23 Å². The van der Waals surface area contributed by atoms with Crippen LogP contribution in [0, 0.1) is 17.8 Å². The minimum Gasteiger partial charge on any atom is -0.376 e. The summed E-state index contributed by atoms with van der Waals surface area (Å²) in [6, 6.07) is 9.27. The van der Waals surface area contributed by atoms with Crippen LogP contribution in [-0.2, 0) is 11.3 Å². The summed E-state index contributed by atoms with van der Waals surface area (Å²) in [5.74, 6) is 3.64. The van der Waals surface area contributed by atoms with Crippen molar-refractivity contribution in [3.05, 3.63) is 59.7 Å². The predicted molar refractivity (Wildman–Crippen MR) is 120 cm³/mol. The number of ether oxygens (including phenoxy) is 1. The zero-order chi connectivity index (χ0) is 19.6. The summed E-state index contributed by atoms with van der Waals surface area (Å²) in [6.07, 6.45) is 21.4. The summed E-state index contributed by atoms with van der Waals surface area (Å²) in [6.45, 7) is 5.77. The average Bonchev–Trinajstić information content (AvgIpc) is 2.75. The van der Waals surface area contributed by atoms with Crippen LogP contribution in [0.4, 0.5) is 0 Å². The summed E-state index contributed by atoms with van der Waals surface area (Å²) in [7, 11) is 0. The van der Waals surface area contributed by atoms with Crippen LogP contribution in [0.15, 0.2) is 48.6 Å². The van der Waals surface area contributed by atoms with Crippen LogP contribution in [-0.4, -0.2) is 6.61 Å². The molecular weight excluding hydrogens is 340 g/mol. The number of rotatable bonds is 8. The maximum Gasteiger partial charge on any atom is 0.0717 e. The summed E-state index contributed by atoms with van der Waals surface area (Å²) < 4.78 is 5.76. The van der Waals surface area contributed by atoms with E-state index in [0.29, 0.717) is 0 Å². The van der Waals surface area contributed by atoms with Crippen LogP contribution in [0.25, 0.3) is 0 Å². The normalized spacial score (nSPS) is 28.9. The van der Waals surface area contributed by atoms with Gasteiger partial charge in [0.15, 0.2) is 0 Å². The van der Waals surface area contributed by atoms with E-state index in [0.717, 1.165) is 43.3 Å². The maximum absolute atomic E-state index is 5.76. The monoisotopic (exact) mass is 380 g/mol. The highest BCUT2D eigenvalue weighted by atomic mass is 16.5. The lowest BCUT2D eigenvalue weighted by Crippen LogP contribution is -2.25. The minimum absolute atomic E-state index is 0.737. The Balaban J connectivity index is 1.40. The third-order valence-electron chi connectivity index (χ3n) is 7.10. The van der Waals surface area contributed by atoms with E-state index in [1.807, 2.05) is 0 Å². The van der Waals surface area contributed by atoms with Gasteiger partial charge in [-0.15, -0.1) is 0 Å². The molecule has 0 heterocycles. The second-order valence-electron chi connectivity index (χ2n) is 8.96. The predicted octanol–water partition coefficient (Wildman–Crippen LogP) is 7.83. The molecule has 0 N–H and O–H groups in total. The molecule has 1 nitrogen and oxygen atoms in total. The molecule has 1 aromatic carbocycles. The summed E-state index contributed by atoms with van der Waals surface area (Å²) in [5.41, 5.74) is 2.85. The highest BCUT2D eigenvalue weighted by Gasteiger charge is 2.30. The molecule has 0 spiro atoms. The molecule has 0 bridgehead atoms. The van der Waals surface area contributed by atoms with E-state index in [1.54, 1.807) is 5.56 Å². The molecular formula is C27H40O. The Hall–Kier alpha value is -1.34. The van der Waals surface area contributed by atoms with Crippen molar-refractivity contribution in [1.82, 2.24) is 0 Å². The standard InChI is InChI=1S/C27H40O/c1-3-5-6-20-28-21-23-10-14-25(15-11-23)27-18-16-26(17-19-27)24-12-8-22(7-4-2)9-13-24/h3-5,7,10-11,14-15,22,24,26-27H,6,8-9,12-13,16-21H2,1-2H3/t22-,24-,26-,27-. The fourth-order valence-electron chi connectivity index (χ4n) is 5.40. The van der Waals surface area contributed by atoms with Gasteiger partial charge in [0.2, 0.25) is 0 Å². The molecule has 2 aliphatic rings. The van der Waals surface area contributed by atoms with E-state index in [4.69, 9.17) is 4.74 Å². The number of hydrogen-bond donors (Lipinski definition) is 0. The van der Waals surface area contributed by atoms with E-state index < -0.39 is 0 Å². The van der Waals surface area contributed by atoms with Crippen molar-refractivity contribution in [3.63, 3.8) is 0 Å². The Kier molecular flexibility index (Phi) is 8.86. The molecule has 154 valence electrons. The van der Waals surface area contributed by atoms with Crippen molar-refractivity contribution in [2.75, 3.05) is 6.61 Å². The molecule has 2 fully saturated rings. The van der Waals surface area contributed by atoms with E-state index in [1.165, 1.54) is 56.9 Å². The molecule has 0 amide bonds. The Bertz CT molecular complexity index is 596. The fourth-order valence-corrected chi connectivity index (χ4v) is 5.40.